The summed E-state index contributed by atoms with van der Waals surface area (Å²) in [6, 6.07) is 4.46. The molecule has 1 amide bonds. The number of carbonyl (C=O) groups excluding carboxylic acids is 1. The maximum atomic E-state index is 12.6. The van der Waals surface area contributed by atoms with Crippen LogP contribution in [0.25, 0.3) is 0 Å². The van der Waals surface area contributed by atoms with Gasteiger partial charge < -0.3 is 10.6 Å². The zero-order chi connectivity index (χ0) is 15.3. The molecule has 124 valence electrons. The fourth-order valence-corrected chi connectivity index (χ4v) is 2.20. The minimum atomic E-state index is -4.43. The monoisotopic (exact) mass is 337 g/mol. The molecule has 2 N–H and O–H groups in total. The molecule has 8 heteroatoms. The molecule has 0 aromatic heterocycles. The summed E-state index contributed by atoms with van der Waals surface area (Å²) >= 11 is 0. The molecule has 4 nitrogen and oxygen atoms in total. The highest BCUT2D eigenvalue weighted by Gasteiger charge is 2.30. The lowest BCUT2D eigenvalue weighted by Crippen LogP contribution is -2.46. The third-order valence-electron chi connectivity index (χ3n) is 3.38. The van der Waals surface area contributed by atoms with Crippen LogP contribution in [0.2, 0.25) is 0 Å². The highest BCUT2D eigenvalue weighted by atomic mass is 35.5. The maximum absolute atomic E-state index is 12.6. The van der Waals surface area contributed by atoms with Gasteiger partial charge in [-0.3, -0.25) is 9.69 Å². The average molecular weight is 338 g/mol. The molecule has 0 aliphatic carbocycles. The highest BCUT2D eigenvalue weighted by Crippen LogP contribution is 2.29. The normalized spacial score (nSPS) is 16.0. The van der Waals surface area contributed by atoms with Gasteiger partial charge in [-0.2, -0.15) is 13.2 Å². The predicted molar refractivity (Wildman–Crippen MR) is 80.3 cm³/mol. The Kier molecular flexibility index (Phi) is 7.12. The van der Waals surface area contributed by atoms with Crippen molar-refractivity contribution >= 4 is 18.3 Å². The van der Waals surface area contributed by atoms with E-state index >= 15 is 0 Å². The Morgan fingerprint density at radius 3 is 2.59 bits per heavy atom. The number of hydrogen-bond donors (Lipinski definition) is 2. The molecule has 0 radical (unpaired) electrons. The molecule has 1 fully saturated rings. The summed E-state index contributed by atoms with van der Waals surface area (Å²) in [7, 11) is 0. The third kappa shape index (κ3) is 5.47. The lowest BCUT2D eigenvalue weighted by Gasteiger charge is -2.27. The Hall–Kier alpha value is -1.31. The van der Waals surface area contributed by atoms with Crippen molar-refractivity contribution in [2.75, 3.05) is 39.3 Å². The van der Waals surface area contributed by atoms with Crippen molar-refractivity contribution in [2.24, 2.45) is 0 Å². The second-order valence-corrected chi connectivity index (χ2v) is 4.93. The molecule has 0 bridgehead atoms. The zero-order valence-electron chi connectivity index (χ0n) is 11.9. The van der Waals surface area contributed by atoms with Crippen molar-refractivity contribution in [3.63, 3.8) is 0 Å². The van der Waals surface area contributed by atoms with Crippen LogP contribution < -0.4 is 10.6 Å². The maximum Gasteiger partial charge on any atom is 0.416 e. The van der Waals surface area contributed by atoms with Gasteiger partial charge in [0, 0.05) is 44.8 Å². The van der Waals surface area contributed by atoms with Gasteiger partial charge in [-0.05, 0) is 18.2 Å². The summed E-state index contributed by atoms with van der Waals surface area (Å²) in [5, 5.41) is 5.88. The zero-order valence-corrected chi connectivity index (χ0v) is 12.8. The minimum Gasteiger partial charge on any atom is -0.351 e. The molecule has 0 saturated carbocycles. The van der Waals surface area contributed by atoms with Crippen LogP contribution in [-0.4, -0.2) is 50.1 Å². The average Bonchev–Trinajstić information content (AvgIpc) is 2.47. The Morgan fingerprint density at radius 2 is 1.95 bits per heavy atom. The Morgan fingerprint density at radius 1 is 1.27 bits per heavy atom. The van der Waals surface area contributed by atoms with Gasteiger partial charge in [0.15, 0.2) is 0 Å². The van der Waals surface area contributed by atoms with Gasteiger partial charge >= 0.3 is 6.18 Å². The number of halogens is 4. The number of nitrogens with one attached hydrogen (secondary N) is 2. The summed E-state index contributed by atoms with van der Waals surface area (Å²) in [6.45, 7) is 4.80. The molecule has 0 unspecified atom stereocenters. The van der Waals surface area contributed by atoms with E-state index in [1.165, 1.54) is 12.1 Å². The first kappa shape index (κ1) is 18.7. The lowest BCUT2D eigenvalue weighted by molar-refractivity contribution is -0.137. The second kappa shape index (κ2) is 8.36. The predicted octanol–water partition coefficient (Wildman–Crippen LogP) is 1.76. The molecule has 1 aliphatic rings. The minimum absolute atomic E-state index is 0. The van der Waals surface area contributed by atoms with Crippen LogP contribution in [0.5, 0.6) is 0 Å². The number of amides is 1. The number of nitrogens with zero attached hydrogens (tertiary/aromatic N) is 1. The van der Waals surface area contributed by atoms with E-state index in [4.69, 9.17) is 0 Å². The first-order valence-corrected chi connectivity index (χ1v) is 6.85. The largest absolute Gasteiger partial charge is 0.416 e. The van der Waals surface area contributed by atoms with Gasteiger partial charge in [-0.1, -0.05) is 6.07 Å². The standard InChI is InChI=1S/C14H18F3N3O.ClH/c15-14(16,17)12-3-1-2-11(10-12)13(21)19-6-9-20-7-4-18-5-8-20;/h1-3,10,18H,4-9H2,(H,19,21);1H. The van der Waals surface area contributed by atoms with Gasteiger partial charge in [0.25, 0.3) is 5.91 Å². The van der Waals surface area contributed by atoms with Crippen molar-refractivity contribution in [2.45, 2.75) is 6.18 Å². The van der Waals surface area contributed by atoms with Crippen molar-refractivity contribution in [3.05, 3.63) is 35.4 Å². The van der Waals surface area contributed by atoms with Crippen molar-refractivity contribution in [1.29, 1.82) is 0 Å². The van der Waals surface area contributed by atoms with Crippen molar-refractivity contribution in [3.8, 4) is 0 Å². The number of alkyl halides is 3. The molecule has 1 heterocycles. The number of hydrogen-bond acceptors (Lipinski definition) is 3. The van der Waals surface area contributed by atoms with E-state index in [0.29, 0.717) is 13.1 Å². The molecular formula is C14H19ClF3N3O. The summed E-state index contributed by atoms with van der Waals surface area (Å²) in [4.78, 5) is 14.1. The number of benzene rings is 1. The topological polar surface area (TPSA) is 44.4 Å². The SMILES string of the molecule is Cl.O=C(NCCN1CCNCC1)c1cccc(C(F)(F)F)c1. The molecular weight excluding hydrogens is 319 g/mol. The van der Waals surface area contributed by atoms with Gasteiger partial charge in [0.05, 0.1) is 5.56 Å². The highest BCUT2D eigenvalue weighted by molar-refractivity contribution is 5.94. The Labute approximate surface area is 133 Å². The van der Waals surface area contributed by atoms with Crippen LogP contribution in [0.4, 0.5) is 13.2 Å². The van der Waals surface area contributed by atoms with Gasteiger partial charge in [-0.25, -0.2) is 0 Å². The molecule has 0 atom stereocenters. The molecule has 22 heavy (non-hydrogen) atoms. The Bertz CT molecular complexity index is 490. The van der Waals surface area contributed by atoms with E-state index in [9.17, 15) is 18.0 Å². The number of rotatable bonds is 4. The summed E-state index contributed by atoms with van der Waals surface area (Å²) in [5.74, 6) is -0.476. The summed E-state index contributed by atoms with van der Waals surface area (Å²) in [5.41, 5.74) is -0.776. The molecule has 0 spiro atoms. The van der Waals surface area contributed by atoms with E-state index in [1.807, 2.05) is 0 Å². The van der Waals surface area contributed by atoms with Gasteiger partial charge in [-0.15, -0.1) is 12.4 Å². The van der Waals surface area contributed by atoms with E-state index in [1.54, 1.807) is 0 Å². The van der Waals surface area contributed by atoms with E-state index in [0.717, 1.165) is 38.3 Å². The number of piperazine rings is 1. The van der Waals surface area contributed by atoms with Gasteiger partial charge in [0.1, 0.15) is 0 Å². The second-order valence-electron chi connectivity index (χ2n) is 4.93. The van der Waals surface area contributed by atoms with Crippen LogP contribution in [0.15, 0.2) is 24.3 Å². The van der Waals surface area contributed by atoms with Crippen LogP contribution in [0, 0.1) is 0 Å². The van der Waals surface area contributed by atoms with Crippen LogP contribution in [-0.2, 0) is 6.18 Å². The third-order valence-corrected chi connectivity index (χ3v) is 3.38. The van der Waals surface area contributed by atoms with E-state index < -0.39 is 17.6 Å². The number of carbonyl (C=O) groups is 1. The van der Waals surface area contributed by atoms with Crippen LogP contribution in [0.3, 0.4) is 0 Å². The first-order valence-electron chi connectivity index (χ1n) is 6.85. The van der Waals surface area contributed by atoms with E-state index in [2.05, 4.69) is 15.5 Å². The summed E-state index contributed by atoms with van der Waals surface area (Å²) < 4.78 is 37.7. The first-order chi connectivity index (χ1) is 9.97. The van der Waals surface area contributed by atoms with E-state index in [-0.39, 0.29) is 18.0 Å². The summed E-state index contributed by atoms with van der Waals surface area (Å²) in [6.07, 6.45) is -4.43. The molecule has 1 aromatic rings. The Balaban J connectivity index is 0.00000242. The smallest absolute Gasteiger partial charge is 0.351 e. The van der Waals surface area contributed by atoms with Gasteiger partial charge in [0.2, 0.25) is 0 Å². The van der Waals surface area contributed by atoms with Crippen LogP contribution >= 0.6 is 12.4 Å². The molecule has 1 saturated heterocycles. The van der Waals surface area contributed by atoms with Crippen LogP contribution in [0.1, 0.15) is 15.9 Å². The van der Waals surface area contributed by atoms with Crippen molar-refractivity contribution < 1.29 is 18.0 Å². The molecule has 1 aliphatic heterocycles. The molecule has 2 rings (SSSR count). The lowest BCUT2D eigenvalue weighted by atomic mass is 10.1. The fourth-order valence-electron chi connectivity index (χ4n) is 2.20. The fraction of sp³-hybridized carbons (Fsp3) is 0.500. The molecule has 1 aromatic carbocycles. The quantitative estimate of drug-likeness (QED) is 0.880. The van der Waals surface area contributed by atoms with Crippen molar-refractivity contribution in [1.82, 2.24) is 15.5 Å².